The summed E-state index contributed by atoms with van der Waals surface area (Å²) in [5.41, 5.74) is 0.879. The molecular formula is C22H27N7O2S. The van der Waals surface area contributed by atoms with Gasteiger partial charge in [-0.1, -0.05) is 12.1 Å². The lowest BCUT2D eigenvalue weighted by molar-refractivity contribution is 0.0746. The quantitative estimate of drug-likeness (QED) is 0.616. The summed E-state index contributed by atoms with van der Waals surface area (Å²) in [6.07, 6.45) is 0. The Morgan fingerprint density at radius 3 is 2.09 bits per heavy atom. The average molecular weight is 454 g/mol. The van der Waals surface area contributed by atoms with E-state index in [1.807, 2.05) is 41.3 Å². The molecule has 0 atom stereocenters. The number of para-hydroxylation sites is 1. The number of anilines is 2. The predicted molar refractivity (Wildman–Crippen MR) is 126 cm³/mol. The van der Waals surface area contributed by atoms with Gasteiger partial charge in [-0.05, 0) is 24.3 Å². The van der Waals surface area contributed by atoms with Crippen molar-refractivity contribution < 1.29 is 9.90 Å². The summed E-state index contributed by atoms with van der Waals surface area (Å²) in [5.74, 6) is 1.74. The third kappa shape index (κ3) is 4.38. The molecule has 9 nitrogen and oxygen atoms in total. The monoisotopic (exact) mass is 453 g/mol. The molecule has 2 aromatic heterocycles. The van der Waals surface area contributed by atoms with Crippen molar-refractivity contribution in [2.24, 2.45) is 0 Å². The average Bonchev–Trinajstić information content (AvgIpc) is 3.29. The minimum absolute atomic E-state index is 0.00706. The fourth-order valence-corrected chi connectivity index (χ4v) is 5.17. The molecule has 10 heteroatoms. The Morgan fingerprint density at radius 1 is 0.875 bits per heavy atom. The number of amides is 1. The van der Waals surface area contributed by atoms with Gasteiger partial charge in [-0.25, -0.2) is 4.98 Å². The van der Waals surface area contributed by atoms with Crippen molar-refractivity contribution in [1.82, 2.24) is 25.0 Å². The standard InChI is InChI=1S/C22H27N7O2S/c30-16-15-26-7-9-27(10-8-26)19-5-6-20(25-24-19)28-11-13-29(14-12-28)22(31)21-23-17-3-1-2-4-18(17)32-21/h1-6,30H,7-16H2. The summed E-state index contributed by atoms with van der Waals surface area (Å²) in [4.78, 5) is 26.0. The van der Waals surface area contributed by atoms with E-state index in [0.717, 1.165) is 67.7 Å². The van der Waals surface area contributed by atoms with E-state index in [9.17, 15) is 4.79 Å². The number of rotatable bonds is 5. The van der Waals surface area contributed by atoms with Gasteiger partial charge in [-0.15, -0.1) is 21.5 Å². The highest BCUT2D eigenvalue weighted by atomic mass is 32.1. The Kier molecular flexibility index (Phi) is 6.15. The van der Waals surface area contributed by atoms with Crippen LogP contribution in [0.3, 0.4) is 0 Å². The van der Waals surface area contributed by atoms with Crippen molar-refractivity contribution >= 4 is 39.1 Å². The first-order valence-corrected chi connectivity index (χ1v) is 11.8. The summed E-state index contributed by atoms with van der Waals surface area (Å²) in [5, 5.41) is 18.6. The van der Waals surface area contributed by atoms with E-state index in [1.165, 1.54) is 11.3 Å². The maximum Gasteiger partial charge on any atom is 0.282 e. The van der Waals surface area contributed by atoms with E-state index >= 15 is 0 Å². The molecule has 1 amide bonds. The van der Waals surface area contributed by atoms with Crippen LogP contribution in [0.15, 0.2) is 36.4 Å². The molecule has 4 heterocycles. The third-order valence-electron chi connectivity index (χ3n) is 6.12. The number of benzene rings is 1. The van der Waals surface area contributed by atoms with Crippen LogP contribution in [0.1, 0.15) is 9.80 Å². The van der Waals surface area contributed by atoms with E-state index in [1.54, 1.807) is 0 Å². The van der Waals surface area contributed by atoms with Gasteiger partial charge < -0.3 is 19.8 Å². The minimum Gasteiger partial charge on any atom is -0.395 e. The zero-order chi connectivity index (χ0) is 21.9. The fraction of sp³-hybridized carbons (Fsp3) is 0.455. The van der Waals surface area contributed by atoms with Crippen LogP contribution in [-0.2, 0) is 0 Å². The number of carbonyl (C=O) groups is 1. The van der Waals surface area contributed by atoms with Crippen molar-refractivity contribution in [2.45, 2.75) is 0 Å². The van der Waals surface area contributed by atoms with E-state index in [0.29, 0.717) is 18.1 Å². The Balaban J connectivity index is 1.16. The van der Waals surface area contributed by atoms with Gasteiger partial charge in [0.15, 0.2) is 16.6 Å². The molecule has 0 bridgehead atoms. The number of carbonyl (C=O) groups excluding carboxylic acids is 1. The molecule has 2 saturated heterocycles. The van der Waals surface area contributed by atoms with Crippen LogP contribution >= 0.6 is 11.3 Å². The van der Waals surface area contributed by atoms with Crippen molar-refractivity contribution in [1.29, 1.82) is 0 Å². The van der Waals surface area contributed by atoms with Crippen molar-refractivity contribution in [3.63, 3.8) is 0 Å². The number of aromatic nitrogens is 3. The molecule has 0 spiro atoms. The Morgan fingerprint density at radius 2 is 1.50 bits per heavy atom. The highest BCUT2D eigenvalue weighted by Gasteiger charge is 2.25. The Hall–Kier alpha value is -2.82. The van der Waals surface area contributed by atoms with E-state index in [4.69, 9.17) is 5.11 Å². The lowest BCUT2D eigenvalue weighted by atomic mass is 10.3. The van der Waals surface area contributed by atoms with Gasteiger partial charge in [0, 0.05) is 58.9 Å². The first-order valence-electron chi connectivity index (χ1n) is 11.0. The van der Waals surface area contributed by atoms with Crippen molar-refractivity contribution in [2.75, 3.05) is 75.3 Å². The van der Waals surface area contributed by atoms with E-state index in [2.05, 4.69) is 29.9 Å². The molecule has 32 heavy (non-hydrogen) atoms. The zero-order valence-corrected chi connectivity index (χ0v) is 18.7. The molecule has 2 aliphatic rings. The molecule has 1 aromatic carbocycles. The second kappa shape index (κ2) is 9.35. The van der Waals surface area contributed by atoms with Crippen LogP contribution in [0.5, 0.6) is 0 Å². The summed E-state index contributed by atoms with van der Waals surface area (Å²) >= 11 is 1.46. The number of thiazole rings is 1. The molecule has 5 rings (SSSR count). The van der Waals surface area contributed by atoms with Gasteiger partial charge in [0.05, 0.1) is 16.8 Å². The Labute approximate surface area is 190 Å². The molecular weight excluding hydrogens is 426 g/mol. The number of aliphatic hydroxyl groups is 1. The largest absolute Gasteiger partial charge is 0.395 e. The highest BCUT2D eigenvalue weighted by Crippen LogP contribution is 2.24. The van der Waals surface area contributed by atoms with Gasteiger partial charge in [0.1, 0.15) is 0 Å². The SMILES string of the molecule is O=C(c1nc2ccccc2s1)N1CCN(c2ccc(N3CCN(CCO)CC3)nn2)CC1. The van der Waals surface area contributed by atoms with Crippen LogP contribution < -0.4 is 9.80 Å². The maximum absolute atomic E-state index is 12.9. The number of β-amino-alcohol motifs (C(OH)–C–C–N with tert-alkyl or cyclic N) is 1. The third-order valence-corrected chi connectivity index (χ3v) is 7.14. The number of fused-ring (bicyclic) bond motifs is 1. The number of hydrogen-bond donors (Lipinski definition) is 1. The first-order chi connectivity index (χ1) is 15.7. The van der Waals surface area contributed by atoms with Crippen LogP contribution in [0.4, 0.5) is 11.6 Å². The van der Waals surface area contributed by atoms with Crippen molar-refractivity contribution in [3.8, 4) is 0 Å². The molecule has 3 aromatic rings. The Bertz CT molecular complexity index is 1020. The number of aliphatic hydroxyl groups excluding tert-OH is 1. The van der Waals surface area contributed by atoms with Crippen LogP contribution in [0.2, 0.25) is 0 Å². The molecule has 2 fully saturated rings. The number of hydrogen-bond acceptors (Lipinski definition) is 9. The molecule has 0 unspecified atom stereocenters. The van der Waals surface area contributed by atoms with E-state index < -0.39 is 0 Å². The fourth-order valence-electron chi connectivity index (χ4n) is 4.24. The summed E-state index contributed by atoms with van der Waals surface area (Å²) in [6, 6.07) is 11.9. The minimum atomic E-state index is 0.00706. The molecule has 2 aliphatic heterocycles. The highest BCUT2D eigenvalue weighted by molar-refractivity contribution is 7.20. The summed E-state index contributed by atoms with van der Waals surface area (Å²) < 4.78 is 1.04. The summed E-state index contributed by atoms with van der Waals surface area (Å²) in [6.45, 7) is 7.30. The van der Waals surface area contributed by atoms with Crippen molar-refractivity contribution in [3.05, 3.63) is 41.4 Å². The number of piperazine rings is 2. The van der Waals surface area contributed by atoms with Crippen LogP contribution in [0, 0.1) is 0 Å². The number of nitrogens with zero attached hydrogens (tertiary/aromatic N) is 7. The van der Waals surface area contributed by atoms with Crippen LogP contribution in [0.25, 0.3) is 10.2 Å². The maximum atomic E-state index is 12.9. The topological polar surface area (TPSA) is 88.9 Å². The van der Waals surface area contributed by atoms with Gasteiger partial charge >= 0.3 is 0 Å². The van der Waals surface area contributed by atoms with Crippen LogP contribution in [-0.4, -0.2) is 102 Å². The lowest BCUT2D eigenvalue weighted by Crippen LogP contribution is -2.49. The van der Waals surface area contributed by atoms with Gasteiger partial charge in [0.2, 0.25) is 0 Å². The predicted octanol–water partition coefficient (Wildman–Crippen LogP) is 1.16. The lowest BCUT2D eigenvalue weighted by Gasteiger charge is -2.36. The van der Waals surface area contributed by atoms with Gasteiger partial charge in [-0.2, -0.15) is 0 Å². The summed E-state index contributed by atoms with van der Waals surface area (Å²) in [7, 11) is 0. The molecule has 168 valence electrons. The molecule has 0 radical (unpaired) electrons. The molecule has 1 N–H and O–H groups in total. The van der Waals surface area contributed by atoms with Gasteiger partial charge in [0.25, 0.3) is 5.91 Å². The smallest absolute Gasteiger partial charge is 0.282 e. The molecule has 0 saturated carbocycles. The van der Waals surface area contributed by atoms with E-state index in [-0.39, 0.29) is 12.5 Å². The zero-order valence-electron chi connectivity index (χ0n) is 17.9. The van der Waals surface area contributed by atoms with Gasteiger partial charge in [-0.3, -0.25) is 9.69 Å². The normalized spacial score (nSPS) is 17.8. The second-order valence-electron chi connectivity index (χ2n) is 8.07. The first kappa shape index (κ1) is 21.0. The second-order valence-corrected chi connectivity index (χ2v) is 9.10. The molecule has 0 aliphatic carbocycles.